The number of imidazole rings is 1. The van der Waals surface area contributed by atoms with Crippen LogP contribution in [0.2, 0.25) is 0 Å². The van der Waals surface area contributed by atoms with E-state index >= 15 is 0 Å². The molecule has 1 aliphatic heterocycles. The Labute approximate surface area is 118 Å². The first-order valence-electron chi connectivity index (χ1n) is 7.12. The lowest BCUT2D eigenvalue weighted by Gasteiger charge is -2.30. The molecule has 0 amide bonds. The van der Waals surface area contributed by atoms with Crippen LogP contribution in [0.4, 0.5) is 0 Å². The summed E-state index contributed by atoms with van der Waals surface area (Å²) < 4.78 is 1.91. The lowest BCUT2D eigenvalue weighted by molar-refractivity contribution is 0.228. The molecule has 1 aliphatic rings. The van der Waals surface area contributed by atoms with E-state index in [1.165, 1.54) is 11.1 Å². The highest BCUT2D eigenvalue weighted by molar-refractivity contribution is 5.79. The summed E-state index contributed by atoms with van der Waals surface area (Å²) in [5.74, 6) is 0. The zero-order valence-electron chi connectivity index (χ0n) is 12.5. The minimum Gasteiger partial charge on any atom is -0.368 e. The smallest absolute Gasteiger partial charge is 0.326 e. The zero-order valence-corrected chi connectivity index (χ0v) is 12.5. The molecule has 3 rings (SSSR count). The van der Waals surface area contributed by atoms with Gasteiger partial charge >= 0.3 is 5.69 Å². The SMILES string of the molecule is CC(C)=CN1Cc2cccc3[nH]c(=O)n(c23)[C@@H](C)[C@H]1C. The van der Waals surface area contributed by atoms with Crippen molar-refractivity contribution in [3.05, 3.63) is 46.0 Å². The molecule has 4 heteroatoms. The van der Waals surface area contributed by atoms with Gasteiger partial charge in [0.05, 0.1) is 17.1 Å². The molecule has 1 aromatic carbocycles. The second-order valence-electron chi connectivity index (χ2n) is 5.97. The van der Waals surface area contributed by atoms with Gasteiger partial charge in [0.2, 0.25) is 0 Å². The molecule has 20 heavy (non-hydrogen) atoms. The Morgan fingerprint density at radius 3 is 2.75 bits per heavy atom. The van der Waals surface area contributed by atoms with E-state index in [-0.39, 0.29) is 17.8 Å². The lowest BCUT2D eigenvalue weighted by atomic mass is 10.1. The second kappa shape index (κ2) is 4.54. The largest absolute Gasteiger partial charge is 0.368 e. The van der Waals surface area contributed by atoms with Crippen molar-refractivity contribution in [1.82, 2.24) is 14.5 Å². The normalized spacial score (nSPS) is 21.9. The predicted molar refractivity (Wildman–Crippen MR) is 81.7 cm³/mol. The standard InChI is InChI=1S/C16H21N3O/c1-10(2)8-18-9-13-6-5-7-14-15(13)19(16(20)17-14)12(4)11(18)3/h5-8,11-12H,9H2,1-4H3,(H,17,20)/t11-,12+/m1/s1. The van der Waals surface area contributed by atoms with E-state index in [9.17, 15) is 4.79 Å². The predicted octanol–water partition coefficient (Wildman–Crippen LogP) is 3.02. The van der Waals surface area contributed by atoms with Crippen LogP contribution in [0.25, 0.3) is 11.0 Å². The van der Waals surface area contributed by atoms with Gasteiger partial charge in [0.25, 0.3) is 0 Å². The summed E-state index contributed by atoms with van der Waals surface area (Å²) in [5, 5.41) is 0. The molecular formula is C16H21N3O. The highest BCUT2D eigenvalue weighted by Gasteiger charge is 2.27. The van der Waals surface area contributed by atoms with Crippen molar-refractivity contribution < 1.29 is 0 Å². The number of rotatable bonds is 1. The van der Waals surface area contributed by atoms with Crippen molar-refractivity contribution >= 4 is 11.0 Å². The molecule has 106 valence electrons. The Hall–Kier alpha value is -1.97. The first kappa shape index (κ1) is 13.0. The van der Waals surface area contributed by atoms with E-state index in [4.69, 9.17) is 0 Å². The number of para-hydroxylation sites is 1. The van der Waals surface area contributed by atoms with Gasteiger partial charge in [-0.15, -0.1) is 0 Å². The molecule has 0 spiro atoms. The quantitative estimate of drug-likeness (QED) is 0.866. The van der Waals surface area contributed by atoms with Gasteiger partial charge < -0.3 is 9.88 Å². The van der Waals surface area contributed by atoms with Gasteiger partial charge in [-0.05, 0) is 45.5 Å². The highest BCUT2D eigenvalue weighted by atomic mass is 16.1. The van der Waals surface area contributed by atoms with Gasteiger partial charge in [-0.25, -0.2) is 4.79 Å². The molecule has 0 saturated heterocycles. The summed E-state index contributed by atoms with van der Waals surface area (Å²) in [4.78, 5) is 17.6. The summed E-state index contributed by atoms with van der Waals surface area (Å²) >= 11 is 0. The van der Waals surface area contributed by atoms with Crippen LogP contribution in [-0.4, -0.2) is 20.5 Å². The van der Waals surface area contributed by atoms with Gasteiger partial charge in [-0.1, -0.05) is 17.7 Å². The monoisotopic (exact) mass is 271 g/mol. The summed E-state index contributed by atoms with van der Waals surface area (Å²) in [6.07, 6.45) is 2.20. The summed E-state index contributed by atoms with van der Waals surface area (Å²) in [6, 6.07) is 6.51. The van der Waals surface area contributed by atoms with E-state index in [0.29, 0.717) is 0 Å². The molecule has 2 heterocycles. The molecule has 0 radical (unpaired) electrons. The maximum Gasteiger partial charge on any atom is 0.326 e. The Morgan fingerprint density at radius 2 is 2.05 bits per heavy atom. The van der Waals surface area contributed by atoms with Gasteiger partial charge in [0.15, 0.2) is 0 Å². The molecule has 4 nitrogen and oxygen atoms in total. The van der Waals surface area contributed by atoms with E-state index in [0.717, 1.165) is 17.6 Å². The van der Waals surface area contributed by atoms with Crippen molar-refractivity contribution in [3.63, 3.8) is 0 Å². The van der Waals surface area contributed by atoms with E-state index in [1.807, 2.05) is 16.7 Å². The minimum absolute atomic E-state index is 0.00847. The number of aromatic nitrogens is 2. The number of benzene rings is 1. The molecule has 1 aromatic heterocycles. The number of hydrogen-bond donors (Lipinski definition) is 1. The Bertz CT molecular complexity index is 734. The first-order chi connectivity index (χ1) is 9.49. The number of hydrogen-bond acceptors (Lipinski definition) is 2. The molecule has 0 saturated carbocycles. The van der Waals surface area contributed by atoms with Crippen LogP contribution in [0, 0.1) is 0 Å². The number of nitrogens with zero attached hydrogens (tertiary/aromatic N) is 2. The van der Waals surface area contributed by atoms with Crippen LogP contribution in [0.15, 0.2) is 34.8 Å². The molecular weight excluding hydrogens is 250 g/mol. The second-order valence-corrected chi connectivity index (χ2v) is 5.97. The van der Waals surface area contributed by atoms with E-state index < -0.39 is 0 Å². The van der Waals surface area contributed by atoms with Gasteiger partial charge in [-0.2, -0.15) is 0 Å². The van der Waals surface area contributed by atoms with Gasteiger partial charge in [0.1, 0.15) is 0 Å². The summed E-state index contributed by atoms with van der Waals surface area (Å²) in [6.45, 7) is 9.35. The third-order valence-corrected chi connectivity index (χ3v) is 4.23. The fourth-order valence-electron chi connectivity index (χ4n) is 3.10. The first-order valence-corrected chi connectivity index (χ1v) is 7.12. The summed E-state index contributed by atoms with van der Waals surface area (Å²) in [5.41, 5.74) is 4.46. The fourth-order valence-corrected chi connectivity index (χ4v) is 3.10. The third kappa shape index (κ3) is 1.87. The molecule has 0 bridgehead atoms. The molecule has 2 aromatic rings. The van der Waals surface area contributed by atoms with Crippen molar-refractivity contribution in [2.24, 2.45) is 0 Å². The summed E-state index contributed by atoms with van der Waals surface area (Å²) in [7, 11) is 0. The van der Waals surface area contributed by atoms with Crippen LogP contribution in [0.5, 0.6) is 0 Å². The number of nitrogens with one attached hydrogen (secondary N) is 1. The average Bonchev–Trinajstić information content (AvgIpc) is 2.67. The van der Waals surface area contributed by atoms with Crippen LogP contribution in [0.1, 0.15) is 39.3 Å². The van der Waals surface area contributed by atoms with E-state index in [2.05, 4.69) is 49.8 Å². The molecule has 0 fully saturated rings. The van der Waals surface area contributed by atoms with Gasteiger partial charge in [0, 0.05) is 12.6 Å². The van der Waals surface area contributed by atoms with Crippen molar-refractivity contribution in [2.45, 2.75) is 46.3 Å². The molecule has 1 N–H and O–H groups in total. The maximum atomic E-state index is 12.3. The maximum absolute atomic E-state index is 12.3. The number of allylic oxidation sites excluding steroid dienone is 1. The lowest BCUT2D eigenvalue weighted by Crippen LogP contribution is -2.35. The van der Waals surface area contributed by atoms with Crippen LogP contribution < -0.4 is 5.69 Å². The average molecular weight is 271 g/mol. The highest BCUT2D eigenvalue weighted by Crippen LogP contribution is 2.29. The molecule has 2 atom stereocenters. The Kier molecular flexibility index (Phi) is 2.96. The fraction of sp³-hybridized carbons (Fsp3) is 0.438. The Balaban J connectivity index is 2.26. The Morgan fingerprint density at radius 1 is 1.30 bits per heavy atom. The van der Waals surface area contributed by atoms with Gasteiger partial charge in [-0.3, -0.25) is 4.57 Å². The van der Waals surface area contributed by atoms with Crippen molar-refractivity contribution in [2.75, 3.05) is 0 Å². The molecule has 0 unspecified atom stereocenters. The van der Waals surface area contributed by atoms with Crippen LogP contribution in [-0.2, 0) is 6.54 Å². The number of aromatic amines is 1. The zero-order chi connectivity index (χ0) is 14.4. The molecule has 0 aliphatic carbocycles. The number of H-pyrrole nitrogens is 1. The van der Waals surface area contributed by atoms with E-state index in [1.54, 1.807) is 0 Å². The van der Waals surface area contributed by atoms with Crippen molar-refractivity contribution in [3.8, 4) is 0 Å². The topological polar surface area (TPSA) is 41.0 Å². The van der Waals surface area contributed by atoms with Crippen molar-refractivity contribution in [1.29, 1.82) is 0 Å². The van der Waals surface area contributed by atoms with Crippen LogP contribution in [0.3, 0.4) is 0 Å². The minimum atomic E-state index is -0.00847. The van der Waals surface area contributed by atoms with Crippen LogP contribution >= 0.6 is 0 Å². The third-order valence-electron chi connectivity index (χ3n) is 4.23.